The first-order valence-corrected chi connectivity index (χ1v) is 12.3. The summed E-state index contributed by atoms with van der Waals surface area (Å²) in [7, 11) is 0. The fraction of sp³-hybridized carbons (Fsp3) is 0.500. The number of hydroxylamine groups is 4. The molecular formula is C24H22ClN3O13. The molecule has 4 amide bonds. The van der Waals surface area contributed by atoms with E-state index in [2.05, 4.69) is 15.4 Å². The molecule has 0 aromatic rings. The molecule has 4 bridgehead atoms. The molecule has 4 aliphatic heterocycles. The minimum absolute atomic E-state index is 0. The molecule has 4 heterocycles. The molecule has 8 atom stereocenters. The number of amides is 4. The van der Waals surface area contributed by atoms with Crippen LogP contribution in [0, 0.1) is 71.0 Å². The van der Waals surface area contributed by atoms with Crippen LogP contribution in [0.25, 0.3) is 0 Å². The molecule has 17 heteroatoms. The van der Waals surface area contributed by atoms with E-state index in [0.29, 0.717) is 0 Å². The second-order valence-electron chi connectivity index (χ2n) is 10.7. The third-order valence-electron chi connectivity index (χ3n) is 9.44. The third kappa shape index (κ3) is 3.48. The minimum atomic E-state index is -0.827. The highest BCUT2D eigenvalue weighted by atomic mass is 35.5. The van der Waals surface area contributed by atoms with Crippen LogP contribution in [0.2, 0.25) is 0 Å². The summed E-state index contributed by atoms with van der Waals surface area (Å²) >= 11 is 0. The quantitative estimate of drug-likeness (QED) is 0.0589. The number of cyclic esters (lactones) is 4. The lowest BCUT2D eigenvalue weighted by Crippen LogP contribution is -2.50. The van der Waals surface area contributed by atoms with Gasteiger partial charge in [-0.2, -0.15) is 10.1 Å². The number of allylic oxidation sites excluding steroid dienone is 4. The Morgan fingerprint density at radius 3 is 0.878 bits per heavy atom. The molecule has 10 rings (SSSR count). The number of imide groups is 2. The first-order chi connectivity index (χ1) is 19.0. The Bertz CT molecular complexity index is 1190. The lowest BCUT2D eigenvalue weighted by Gasteiger charge is -2.44. The standard InChI is InChI=1S/C12H10N2O6.C12H8O6.ClH.H3NO/c15-9-5-3-1-2-4(7(5)11(17)13(9)19)8-6(3)10(16)14(20)12(8)18;13-9-5-3-1-2-4(7(5)11(15)17-9)8-6(3)10(14)18-12(8)16;;1-2/h1-8,19-20H;1-8H;1H;2H,1H2. The van der Waals surface area contributed by atoms with E-state index in [1.54, 1.807) is 24.3 Å². The number of hydrogen-bond acceptors (Lipinski definition) is 14. The topological polar surface area (TPSA) is 248 Å². The van der Waals surface area contributed by atoms with Crippen molar-refractivity contribution in [1.29, 1.82) is 0 Å². The van der Waals surface area contributed by atoms with Gasteiger partial charge in [-0.15, -0.1) is 12.4 Å². The van der Waals surface area contributed by atoms with Gasteiger partial charge in [-0.3, -0.25) is 48.8 Å². The number of nitrogens with zero attached hydrogens (tertiary/aromatic N) is 2. The second kappa shape index (κ2) is 9.63. The zero-order valence-corrected chi connectivity index (χ0v) is 21.4. The molecule has 0 radical (unpaired) electrons. The van der Waals surface area contributed by atoms with Crippen LogP contribution in [0.4, 0.5) is 0 Å². The Morgan fingerprint density at radius 1 is 0.463 bits per heavy atom. The predicted molar refractivity (Wildman–Crippen MR) is 123 cm³/mol. The monoisotopic (exact) mass is 595 g/mol. The van der Waals surface area contributed by atoms with Crippen LogP contribution in [-0.4, -0.2) is 73.3 Å². The Kier molecular flexibility index (Phi) is 6.74. The van der Waals surface area contributed by atoms with Crippen LogP contribution in [0.15, 0.2) is 24.3 Å². The number of rotatable bonds is 0. The number of esters is 4. The van der Waals surface area contributed by atoms with Crippen LogP contribution in [0.1, 0.15) is 0 Å². The maximum atomic E-state index is 11.9. The van der Waals surface area contributed by atoms with Gasteiger partial charge in [0.25, 0.3) is 23.6 Å². The van der Waals surface area contributed by atoms with Crippen molar-refractivity contribution in [2.75, 3.05) is 0 Å². The van der Waals surface area contributed by atoms with Gasteiger partial charge in [-0.1, -0.05) is 24.3 Å². The van der Waals surface area contributed by atoms with Gasteiger partial charge in [0, 0.05) is 23.7 Å². The molecule has 2 saturated carbocycles. The normalized spacial score (nSPS) is 43.4. The predicted octanol–water partition coefficient (Wildman–Crippen LogP) is -2.03. The summed E-state index contributed by atoms with van der Waals surface area (Å²) in [6.45, 7) is 0. The van der Waals surface area contributed by atoms with Crippen molar-refractivity contribution in [2.24, 2.45) is 76.9 Å². The second-order valence-corrected chi connectivity index (χ2v) is 10.7. The fourth-order valence-corrected chi connectivity index (χ4v) is 8.02. The lowest BCUT2D eigenvalue weighted by molar-refractivity contribution is -0.174. The lowest BCUT2D eigenvalue weighted by atomic mass is 9.54. The van der Waals surface area contributed by atoms with Crippen molar-refractivity contribution < 1.29 is 63.5 Å². The van der Waals surface area contributed by atoms with E-state index in [4.69, 9.17) is 5.21 Å². The Hall–Kier alpha value is -3.83. The summed E-state index contributed by atoms with van der Waals surface area (Å²) in [5, 5.41) is 25.7. The van der Waals surface area contributed by atoms with E-state index < -0.39 is 119 Å². The molecule has 41 heavy (non-hydrogen) atoms. The molecule has 6 aliphatic carbocycles. The van der Waals surface area contributed by atoms with Crippen molar-refractivity contribution in [3.63, 3.8) is 0 Å². The van der Waals surface area contributed by atoms with E-state index in [1.807, 2.05) is 0 Å². The summed E-state index contributed by atoms with van der Waals surface area (Å²) in [6.07, 6.45) is 6.77. The van der Waals surface area contributed by atoms with Crippen molar-refractivity contribution in [2.45, 2.75) is 0 Å². The summed E-state index contributed by atoms with van der Waals surface area (Å²) in [6, 6.07) is 0. The van der Waals surface area contributed by atoms with Gasteiger partial charge < -0.3 is 14.7 Å². The highest BCUT2D eigenvalue weighted by Gasteiger charge is 2.69. The summed E-state index contributed by atoms with van der Waals surface area (Å²) < 4.78 is 9.29. The van der Waals surface area contributed by atoms with Crippen LogP contribution >= 0.6 is 12.4 Å². The Balaban J connectivity index is 0.000000153. The molecule has 8 unspecified atom stereocenters. The first kappa shape index (κ1) is 28.7. The first-order valence-electron chi connectivity index (χ1n) is 12.3. The number of halogens is 1. The molecular weight excluding hydrogens is 574 g/mol. The number of carbonyl (C=O) groups is 8. The Morgan fingerprint density at radius 2 is 0.659 bits per heavy atom. The van der Waals surface area contributed by atoms with Gasteiger partial charge in [0.05, 0.1) is 47.3 Å². The maximum Gasteiger partial charge on any atom is 0.318 e. The fourth-order valence-electron chi connectivity index (χ4n) is 8.02. The van der Waals surface area contributed by atoms with Crippen molar-refractivity contribution in [1.82, 2.24) is 10.1 Å². The van der Waals surface area contributed by atoms with Gasteiger partial charge in [-0.25, -0.2) is 5.90 Å². The van der Waals surface area contributed by atoms with E-state index in [1.165, 1.54) is 0 Å². The van der Waals surface area contributed by atoms with Gasteiger partial charge >= 0.3 is 23.9 Å². The SMILES string of the molecule is Cl.NO.O=C1C2C3C=CC(C2C(=O)N1O)C1C(=O)N(O)C(=O)C31.O=C1OC(=O)C2C3C=CC(C12)C1C(=O)OC(=O)C31. The highest BCUT2D eigenvalue weighted by Crippen LogP contribution is 2.58. The highest BCUT2D eigenvalue weighted by molar-refractivity contribution is 6.09. The number of ether oxygens (including phenoxy) is 2. The van der Waals surface area contributed by atoms with Gasteiger partial charge in [-0.05, 0) is 0 Å². The number of hydrogen-bond donors (Lipinski definition) is 4. The third-order valence-corrected chi connectivity index (χ3v) is 9.44. The molecule has 10 aliphatic rings. The molecule has 0 aromatic heterocycles. The van der Waals surface area contributed by atoms with Crippen molar-refractivity contribution >= 4 is 59.9 Å². The van der Waals surface area contributed by atoms with Crippen LogP contribution < -0.4 is 5.90 Å². The van der Waals surface area contributed by atoms with Crippen LogP contribution in [0.3, 0.4) is 0 Å². The zero-order valence-electron chi connectivity index (χ0n) is 20.5. The molecule has 5 N–H and O–H groups in total. The average Bonchev–Trinajstić information content (AvgIpc) is 3.61. The van der Waals surface area contributed by atoms with E-state index in [9.17, 15) is 48.8 Å². The van der Waals surface area contributed by atoms with E-state index in [0.717, 1.165) is 0 Å². The maximum absolute atomic E-state index is 11.9. The summed E-state index contributed by atoms with van der Waals surface area (Å²) in [5.74, 6) is -9.85. The molecule has 218 valence electrons. The number of carbonyl (C=O) groups excluding carboxylic acids is 8. The molecule has 6 fully saturated rings. The molecule has 4 saturated heterocycles. The van der Waals surface area contributed by atoms with E-state index >= 15 is 0 Å². The average molecular weight is 596 g/mol. The minimum Gasteiger partial charge on any atom is -0.393 e. The van der Waals surface area contributed by atoms with Crippen LogP contribution in [0.5, 0.6) is 0 Å². The van der Waals surface area contributed by atoms with Gasteiger partial charge in [0.15, 0.2) is 0 Å². The molecule has 0 aromatic carbocycles. The molecule has 0 spiro atoms. The molecule has 16 nitrogen and oxygen atoms in total. The Labute approximate surface area is 234 Å². The smallest absolute Gasteiger partial charge is 0.318 e. The largest absolute Gasteiger partial charge is 0.393 e. The van der Waals surface area contributed by atoms with Gasteiger partial charge in [0.2, 0.25) is 0 Å². The van der Waals surface area contributed by atoms with Crippen molar-refractivity contribution in [3.05, 3.63) is 24.3 Å². The number of nitrogens with two attached hydrogens (primary N) is 1. The van der Waals surface area contributed by atoms with Gasteiger partial charge in [0.1, 0.15) is 0 Å². The van der Waals surface area contributed by atoms with E-state index in [-0.39, 0.29) is 22.5 Å². The summed E-state index contributed by atoms with van der Waals surface area (Å²) in [5.41, 5.74) is 0. The van der Waals surface area contributed by atoms with Crippen LogP contribution in [-0.2, 0) is 47.8 Å². The summed E-state index contributed by atoms with van der Waals surface area (Å²) in [4.78, 5) is 94.5. The van der Waals surface area contributed by atoms with Crippen molar-refractivity contribution in [3.8, 4) is 0 Å². The zero-order chi connectivity index (χ0) is 28.9.